The molecule has 0 saturated carbocycles. The van der Waals surface area contributed by atoms with E-state index in [0.717, 1.165) is 36.9 Å². The Hall–Kier alpha value is -1.31. The van der Waals surface area contributed by atoms with E-state index in [0.29, 0.717) is 17.5 Å². The summed E-state index contributed by atoms with van der Waals surface area (Å²) in [5, 5.41) is 6.77. The van der Waals surface area contributed by atoms with E-state index in [2.05, 4.69) is 15.1 Å². The van der Waals surface area contributed by atoms with Crippen LogP contribution in [0.1, 0.15) is 30.2 Å². The number of hydrogen-bond donors (Lipinski definition) is 1. The van der Waals surface area contributed by atoms with Crippen molar-refractivity contribution in [2.45, 2.75) is 25.8 Å². The quantitative estimate of drug-likeness (QED) is 0.918. The molecule has 3 rings (SSSR count). The van der Waals surface area contributed by atoms with Crippen molar-refractivity contribution in [3.63, 3.8) is 0 Å². The fraction of sp³-hybridized carbons (Fsp3) is 0.583. The Kier molecular flexibility index (Phi) is 3.58. The molecular formula is C12H16N4O2S. The highest BCUT2D eigenvalue weighted by atomic mass is 32.1. The van der Waals surface area contributed by atoms with Crippen LogP contribution in [0.2, 0.25) is 0 Å². The molecular weight excluding hydrogens is 264 g/mol. The molecule has 1 aliphatic heterocycles. The van der Waals surface area contributed by atoms with Gasteiger partial charge in [-0.05, 0) is 19.3 Å². The third-order valence-electron chi connectivity index (χ3n) is 3.09. The van der Waals surface area contributed by atoms with E-state index in [1.54, 1.807) is 0 Å². The molecule has 1 fully saturated rings. The maximum atomic E-state index is 5.79. The van der Waals surface area contributed by atoms with E-state index in [4.69, 9.17) is 15.0 Å². The highest BCUT2D eigenvalue weighted by Crippen LogP contribution is 2.24. The highest BCUT2D eigenvalue weighted by molar-refractivity contribution is 7.10. The molecule has 3 heterocycles. The van der Waals surface area contributed by atoms with E-state index >= 15 is 0 Å². The summed E-state index contributed by atoms with van der Waals surface area (Å²) >= 11 is 1.51. The standard InChI is InChI=1S/C12H16N4O2S/c1-7(13)12-14-9(6-19-12)11-15-10(16-18-11)4-8-2-3-17-5-8/h6-8H,2-5,13H2,1H3. The minimum absolute atomic E-state index is 0.0724. The molecule has 0 spiro atoms. The molecule has 102 valence electrons. The van der Waals surface area contributed by atoms with E-state index in [-0.39, 0.29) is 6.04 Å². The number of hydrogen-bond acceptors (Lipinski definition) is 7. The molecule has 2 N–H and O–H groups in total. The van der Waals surface area contributed by atoms with Gasteiger partial charge in [-0.25, -0.2) is 4.98 Å². The van der Waals surface area contributed by atoms with E-state index in [1.165, 1.54) is 11.3 Å². The molecule has 1 aliphatic rings. The predicted octanol–water partition coefficient (Wildman–Crippen LogP) is 1.79. The summed E-state index contributed by atoms with van der Waals surface area (Å²) in [6.45, 7) is 3.52. The normalized spacial score (nSPS) is 20.8. The van der Waals surface area contributed by atoms with Gasteiger partial charge in [-0.1, -0.05) is 5.16 Å². The average molecular weight is 280 g/mol. The SMILES string of the molecule is CC(N)c1nc(-c2nc(CC3CCOC3)no2)cs1. The van der Waals surface area contributed by atoms with Gasteiger partial charge in [-0.2, -0.15) is 4.98 Å². The van der Waals surface area contributed by atoms with Gasteiger partial charge in [-0.15, -0.1) is 11.3 Å². The Labute approximate surface area is 115 Å². The van der Waals surface area contributed by atoms with Crippen LogP contribution in [-0.2, 0) is 11.2 Å². The van der Waals surface area contributed by atoms with Gasteiger partial charge in [0.2, 0.25) is 0 Å². The first-order valence-corrected chi connectivity index (χ1v) is 7.22. The number of thiazole rings is 1. The minimum atomic E-state index is -0.0724. The molecule has 0 bridgehead atoms. The molecule has 2 aromatic rings. The molecule has 19 heavy (non-hydrogen) atoms. The molecule has 0 amide bonds. The van der Waals surface area contributed by atoms with Gasteiger partial charge in [0.15, 0.2) is 5.82 Å². The molecule has 0 aliphatic carbocycles. The van der Waals surface area contributed by atoms with Crippen LogP contribution in [0.4, 0.5) is 0 Å². The molecule has 0 aromatic carbocycles. The predicted molar refractivity (Wildman–Crippen MR) is 70.6 cm³/mol. The van der Waals surface area contributed by atoms with Crippen molar-refractivity contribution in [2.24, 2.45) is 11.7 Å². The van der Waals surface area contributed by atoms with Crippen LogP contribution in [0.25, 0.3) is 11.6 Å². The Morgan fingerprint density at radius 1 is 1.53 bits per heavy atom. The zero-order chi connectivity index (χ0) is 13.2. The number of rotatable bonds is 4. The van der Waals surface area contributed by atoms with Crippen LogP contribution in [-0.4, -0.2) is 28.3 Å². The van der Waals surface area contributed by atoms with Crippen LogP contribution in [0, 0.1) is 5.92 Å². The van der Waals surface area contributed by atoms with Gasteiger partial charge in [0.25, 0.3) is 5.89 Å². The molecule has 2 aromatic heterocycles. The van der Waals surface area contributed by atoms with Gasteiger partial charge in [0.1, 0.15) is 10.7 Å². The number of nitrogens with zero attached hydrogens (tertiary/aromatic N) is 3. The summed E-state index contributed by atoms with van der Waals surface area (Å²) in [5.74, 6) is 1.69. The molecule has 2 atom stereocenters. The van der Waals surface area contributed by atoms with Crippen LogP contribution < -0.4 is 5.73 Å². The molecule has 2 unspecified atom stereocenters. The summed E-state index contributed by atoms with van der Waals surface area (Å²) < 4.78 is 10.6. The summed E-state index contributed by atoms with van der Waals surface area (Å²) in [5.41, 5.74) is 6.49. The summed E-state index contributed by atoms with van der Waals surface area (Å²) in [6, 6.07) is -0.0724. The number of aromatic nitrogens is 3. The minimum Gasteiger partial charge on any atom is -0.381 e. The Bertz CT molecular complexity index is 545. The molecule has 1 saturated heterocycles. The lowest BCUT2D eigenvalue weighted by Crippen LogP contribution is -2.05. The van der Waals surface area contributed by atoms with Crippen LogP contribution in [0.3, 0.4) is 0 Å². The zero-order valence-electron chi connectivity index (χ0n) is 10.7. The van der Waals surface area contributed by atoms with Crippen molar-refractivity contribution < 1.29 is 9.26 Å². The number of ether oxygens (including phenoxy) is 1. The lowest BCUT2D eigenvalue weighted by atomic mass is 10.1. The van der Waals surface area contributed by atoms with Crippen LogP contribution in [0.5, 0.6) is 0 Å². The van der Waals surface area contributed by atoms with Gasteiger partial charge in [-0.3, -0.25) is 0 Å². The average Bonchev–Trinajstić information content (AvgIpc) is 3.09. The second-order valence-electron chi connectivity index (χ2n) is 4.81. The van der Waals surface area contributed by atoms with Gasteiger partial charge in [0.05, 0.1) is 6.04 Å². The molecule has 0 radical (unpaired) electrons. The van der Waals surface area contributed by atoms with E-state index < -0.39 is 0 Å². The van der Waals surface area contributed by atoms with Crippen LogP contribution in [0.15, 0.2) is 9.90 Å². The third-order valence-corrected chi connectivity index (χ3v) is 4.14. The van der Waals surface area contributed by atoms with Crippen molar-refractivity contribution >= 4 is 11.3 Å². The smallest absolute Gasteiger partial charge is 0.277 e. The lowest BCUT2D eigenvalue weighted by Gasteiger charge is -2.00. The van der Waals surface area contributed by atoms with Crippen molar-refractivity contribution in [2.75, 3.05) is 13.2 Å². The Morgan fingerprint density at radius 2 is 2.42 bits per heavy atom. The monoisotopic (exact) mass is 280 g/mol. The van der Waals surface area contributed by atoms with E-state index in [9.17, 15) is 0 Å². The fourth-order valence-electron chi connectivity index (χ4n) is 2.04. The summed E-state index contributed by atoms with van der Waals surface area (Å²) in [4.78, 5) is 8.78. The third kappa shape index (κ3) is 2.83. The largest absolute Gasteiger partial charge is 0.381 e. The number of nitrogens with two attached hydrogens (primary N) is 1. The second kappa shape index (κ2) is 5.36. The van der Waals surface area contributed by atoms with Crippen molar-refractivity contribution in [3.05, 3.63) is 16.2 Å². The molecule has 7 heteroatoms. The van der Waals surface area contributed by atoms with Crippen molar-refractivity contribution in [3.8, 4) is 11.6 Å². The lowest BCUT2D eigenvalue weighted by molar-refractivity contribution is 0.185. The van der Waals surface area contributed by atoms with Gasteiger partial charge >= 0.3 is 0 Å². The van der Waals surface area contributed by atoms with E-state index in [1.807, 2.05) is 12.3 Å². The topological polar surface area (TPSA) is 87.1 Å². The first kappa shape index (κ1) is 12.7. The summed E-state index contributed by atoms with van der Waals surface area (Å²) in [6.07, 6.45) is 1.86. The zero-order valence-corrected chi connectivity index (χ0v) is 11.5. The first-order valence-electron chi connectivity index (χ1n) is 6.34. The first-order chi connectivity index (χ1) is 9.22. The Balaban J connectivity index is 1.72. The summed E-state index contributed by atoms with van der Waals surface area (Å²) in [7, 11) is 0. The maximum absolute atomic E-state index is 5.79. The highest BCUT2D eigenvalue weighted by Gasteiger charge is 2.20. The van der Waals surface area contributed by atoms with Crippen molar-refractivity contribution in [1.82, 2.24) is 15.1 Å². The maximum Gasteiger partial charge on any atom is 0.277 e. The van der Waals surface area contributed by atoms with Crippen LogP contribution >= 0.6 is 11.3 Å². The van der Waals surface area contributed by atoms with Gasteiger partial charge < -0.3 is 15.0 Å². The molecule has 6 nitrogen and oxygen atoms in total. The Morgan fingerprint density at radius 3 is 3.11 bits per heavy atom. The van der Waals surface area contributed by atoms with Crippen molar-refractivity contribution in [1.29, 1.82) is 0 Å². The van der Waals surface area contributed by atoms with Gasteiger partial charge in [0, 0.05) is 25.0 Å². The fourth-order valence-corrected chi connectivity index (χ4v) is 2.79. The second-order valence-corrected chi connectivity index (χ2v) is 5.70.